The zero-order valence-electron chi connectivity index (χ0n) is 14.0. The molecule has 0 aliphatic rings. The molecule has 0 bridgehead atoms. The fourth-order valence-corrected chi connectivity index (χ4v) is 3.46. The predicted octanol–water partition coefficient (Wildman–Crippen LogP) is 4.28. The molecule has 0 amide bonds. The molecule has 3 rings (SSSR count). The minimum absolute atomic E-state index is 0.168. The largest absolute Gasteiger partial charge is 0.458 e. The summed E-state index contributed by atoms with van der Waals surface area (Å²) >= 11 is 0. The Morgan fingerprint density at radius 1 is 0.962 bits per heavy atom. The average molecular weight is 367 g/mol. The average Bonchev–Trinajstić information content (AvgIpc) is 3.08. The number of ketones is 1. The maximum Gasteiger partial charge on any atom is 0.261 e. The molecule has 0 aliphatic heterocycles. The van der Waals surface area contributed by atoms with Gasteiger partial charge in [0.25, 0.3) is 10.0 Å². The van der Waals surface area contributed by atoms with Crippen molar-refractivity contribution in [3.63, 3.8) is 0 Å². The Morgan fingerprint density at radius 3 is 2.35 bits per heavy atom. The standard InChI is InChI=1S/C20H17NO4S/c1-15-11-14-20(25-15)19(22)13-12-16-7-5-6-10-18(16)21-26(23,24)17-8-3-2-4-9-17/h2-14,21H,1H3. The Kier molecular flexibility index (Phi) is 5.04. The number of nitrogens with one attached hydrogen (secondary N) is 1. The SMILES string of the molecule is Cc1ccc(C(=O)C=Cc2ccccc2NS(=O)(=O)c2ccccc2)o1. The molecule has 132 valence electrons. The summed E-state index contributed by atoms with van der Waals surface area (Å²) in [6, 6.07) is 18.3. The van der Waals surface area contributed by atoms with Crippen molar-refractivity contribution in [1.29, 1.82) is 0 Å². The highest BCUT2D eigenvalue weighted by molar-refractivity contribution is 7.92. The second-order valence-corrected chi connectivity index (χ2v) is 7.30. The van der Waals surface area contributed by atoms with Crippen molar-refractivity contribution in [2.75, 3.05) is 4.72 Å². The fourth-order valence-electron chi connectivity index (χ4n) is 2.35. The summed E-state index contributed by atoms with van der Waals surface area (Å²) < 4.78 is 32.8. The van der Waals surface area contributed by atoms with Crippen LogP contribution in [-0.2, 0) is 10.0 Å². The smallest absolute Gasteiger partial charge is 0.261 e. The van der Waals surface area contributed by atoms with Gasteiger partial charge in [0.05, 0.1) is 10.6 Å². The van der Waals surface area contributed by atoms with Gasteiger partial charge in [-0.3, -0.25) is 9.52 Å². The lowest BCUT2D eigenvalue weighted by atomic mass is 10.1. The molecule has 0 atom stereocenters. The third-order valence-corrected chi connectivity index (χ3v) is 5.04. The normalized spacial score (nSPS) is 11.6. The molecular formula is C20H17NO4S. The maximum absolute atomic E-state index is 12.5. The molecule has 0 spiro atoms. The van der Waals surface area contributed by atoms with Gasteiger partial charge in [-0.15, -0.1) is 0 Å². The molecule has 2 aromatic carbocycles. The Balaban J connectivity index is 1.85. The molecule has 26 heavy (non-hydrogen) atoms. The van der Waals surface area contributed by atoms with Crippen LogP contribution in [0.5, 0.6) is 0 Å². The Labute approximate surface area is 152 Å². The number of anilines is 1. The quantitative estimate of drug-likeness (QED) is 0.521. The number of rotatable bonds is 6. The number of carbonyl (C=O) groups excluding carboxylic acids is 1. The minimum atomic E-state index is -3.71. The molecule has 1 aromatic heterocycles. The molecular weight excluding hydrogens is 350 g/mol. The Bertz CT molecular complexity index is 1050. The number of allylic oxidation sites excluding steroid dienone is 1. The highest BCUT2D eigenvalue weighted by Crippen LogP contribution is 2.21. The monoisotopic (exact) mass is 367 g/mol. The lowest BCUT2D eigenvalue weighted by Crippen LogP contribution is -2.13. The number of para-hydroxylation sites is 1. The van der Waals surface area contributed by atoms with Crippen molar-refractivity contribution in [3.8, 4) is 0 Å². The number of benzene rings is 2. The van der Waals surface area contributed by atoms with Crippen LogP contribution >= 0.6 is 0 Å². The summed E-state index contributed by atoms with van der Waals surface area (Å²) in [5.41, 5.74) is 0.958. The first kappa shape index (κ1) is 17.7. The van der Waals surface area contributed by atoms with Crippen LogP contribution < -0.4 is 4.72 Å². The van der Waals surface area contributed by atoms with E-state index in [0.29, 0.717) is 17.0 Å². The van der Waals surface area contributed by atoms with Crippen LogP contribution in [0, 0.1) is 6.92 Å². The summed E-state index contributed by atoms with van der Waals surface area (Å²) in [5.74, 6) is 0.595. The molecule has 0 saturated heterocycles. The molecule has 1 N–H and O–H groups in total. The number of hydrogen-bond donors (Lipinski definition) is 1. The molecule has 0 radical (unpaired) electrons. The van der Waals surface area contributed by atoms with Crippen molar-refractivity contribution < 1.29 is 17.6 Å². The summed E-state index contributed by atoms with van der Waals surface area (Å²) in [6.07, 6.45) is 2.91. The summed E-state index contributed by atoms with van der Waals surface area (Å²) in [5, 5.41) is 0. The predicted molar refractivity (Wildman–Crippen MR) is 101 cm³/mol. The van der Waals surface area contributed by atoms with E-state index in [0.717, 1.165) is 0 Å². The van der Waals surface area contributed by atoms with Gasteiger partial charge in [0.15, 0.2) is 5.76 Å². The zero-order valence-corrected chi connectivity index (χ0v) is 14.9. The van der Waals surface area contributed by atoms with E-state index in [1.54, 1.807) is 67.6 Å². The van der Waals surface area contributed by atoms with Gasteiger partial charge in [-0.25, -0.2) is 8.42 Å². The van der Waals surface area contributed by atoms with Gasteiger partial charge in [-0.1, -0.05) is 36.4 Å². The van der Waals surface area contributed by atoms with Crippen molar-refractivity contribution in [2.24, 2.45) is 0 Å². The van der Waals surface area contributed by atoms with Crippen LogP contribution in [0.4, 0.5) is 5.69 Å². The first-order chi connectivity index (χ1) is 12.5. The summed E-state index contributed by atoms with van der Waals surface area (Å²) in [7, 11) is -3.71. The molecule has 0 aliphatic carbocycles. The maximum atomic E-state index is 12.5. The van der Waals surface area contributed by atoms with E-state index in [2.05, 4.69) is 4.72 Å². The highest BCUT2D eigenvalue weighted by Gasteiger charge is 2.15. The minimum Gasteiger partial charge on any atom is -0.458 e. The van der Waals surface area contributed by atoms with Crippen molar-refractivity contribution >= 4 is 27.6 Å². The molecule has 0 unspecified atom stereocenters. The van der Waals surface area contributed by atoms with Crippen LogP contribution in [0.15, 0.2) is 82.1 Å². The first-order valence-electron chi connectivity index (χ1n) is 7.91. The van der Waals surface area contributed by atoms with Gasteiger partial charge in [-0.2, -0.15) is 0 Å². The van der Waals surface area contributed by atoms with E-state index in [9.17, 15) is 13.2 Å². The molecule has 3 aromatic rings. The Morgan fingerprint density at radius 2 is 1.65 bits per heavy atom. The van der Waals surface area contributed by atoms with Crippen LogP contribution in [0.2, 0.25) is 0 Å². The van der Waals surface area contributed by atoms with Crippen LogP contribution in [0.1, 0.15) is 21.9 Å². The van der Waals surface area contributed by atoms with E-state index in [1.165, 1.54) is 18.2 Å². The first-order valence-corrected chi connectivity index (χ1v) is 9.40. The van der Waals surface area contributed by atoms with Gasteiger partial charge in [0.2, 0.25) is 5.78 Å². The van der Waals surface area contributed by atoms with E-state index in [1.807, 2.05) is 0 Å². The number of furan rings is 1. The topological polar surface area (TPSA) is 76.4 Å². The van der Waals surface area contributed by atoms with Gasteiger partial charge < -0.3 is 4.42 Å². The van der Waals surface area contributed by atoms with Gasteiger partial charge in [-0.05, 0) is 55.0 Å². The van der Waals surface area contributed by atoms with E-state index in [-0.39, 0.29) is 16.4 Å². The van der Waals surface area contributed by atoms with Crippen LogP contribution in [0.25, 0.3) is 6.08 Å². The second kappa shape index (κ2) is 7.41. The van der Waals surface area contributed by atoms with Crippen molar-refractivity contribution in [1.82, 2.24) is 0 Å². The van der Waals surface area contributed by atoms with E-state index >= 15 is 0 Å². The van der Waals surface area contributed by atoms with Crippen molar-refractivity contribution in [2.45, 2.75) is 11.8 Å². The highest BCUT2D eigenvalue weighted by atomic mass is 32.2. The van der Waals surface area contributed by atoms with Crippen molar-refractivity contribution in [3.05, 3.63) is 89.9 Å². The van der Waals surface area contributed by atoms with Gasteiger partial charge >= 0.3 is 0 Å². The molecule has 5 nitrogen and oxygen atoms in total. The lowest BCUT2D eigenvalue weighted by Gasteiger charge is -2.10. The zero-order chi connectivity index (χ0) is 18.6. The molecule has 0 saturated carbocycles. The third-order valence-electron chi connectivity index (χ3n) is 3.66. The molecule has 1 heterocycles. The van der Waals surface area contributed by atoms with E-state index in [4.69, 9.17) is 4.42 Å². The fraction of sp³-hybridized carbons (Fsp3) is 0.0500. The van der Waals surface area contributed by atoms with Gasteiger partial charge in [0, 0.05) is 0 Å². The number of carbonyl (C=O) groups is 1. The third kappa shape index (κ3) is 4.10. The number of aryl methyl sites for hydroxylation is 1. The number of hydrogen-bond acceptors (Lipinski definition) is 4. The lowest BCUT2D eigenvalue weighted by molar-refractivity contribution is 0.102. The van der Waals surface area contributed by atoms with Gasteiger partial charge in [0.1, 0.15) is 5.76 Å². The Hall–Kier alpha value is -3.12. The second-order valence-electron chi connectivity index (χ2n) is 5.61. The summed E-state index contributed by atoms with van der Waals surface area (Å²) in [6.45, 7) is 1.76. The summed E-state index contributed by atoms with van der Waals surface area (Å²) in [4.78, 5) is 12.3. The van der Waals surface area contributed by atoms with E-state index < -0.39 is 10.0 Å². The number of sulfonamides is 1. The van der Waals surface area contributed by atoms with Crippen LogP contribution in [0.3, 0.4) is 0 Å². The molecule has 6 heteroatoms. The molecule has 0 fully saturated rings. The van der Waals surface area contributed by atoms with Crippen LogP contribution in [-0.4, -0.2) is 14.2 Å².